The summed E-state index contributed by atoms with van der Waals surface area (Å²) in [6, 6.07) is 5.96. The minimum Gasteiger partial charge on any atom is -0.329 e. The Kier molecular flexibility index (Phi) is 4.98. The van der Waals surface area contributed by atoms with Crippen LogP contribution in [0, 0.1) is 11.7 Å². The molecule has 1 fully saturated rings. The zero-order valence-corrected chi connectivity index (χ0v) is 13.2. The lowest BCUT2D eigenvalue weighted by Crippen LogP contribution is -2.44. The number of hydrogen-bond donors (Lipinski definition) is 1. The van der Waals surface area contributed by atoms with Crippen LogP contribution in [-0.2, 0) is 0 Å². The van der Waals surface area contributed by atoms with Crippen molar-refractivity contribution in [3.05, 3.63) is 34.1 Å². The third-order valence-electron chi connectivity index (χ3n) is 4.14. The fourth-order valence-corrected chi connectivity index (χ4v) is 3.32. The monoisotopic (exact) mass is 328 g/mol. The van der Waals surface area contributed by atoms with E-state index >= 15 is 0 Å². The van der Waals surface area contributed by atoms with E-state index in [1.165, 1.54) is 12.8 Å². The Bertz CT molecular complexity index is 438. The summed E-state index contributed by atoms with van der Waals surface area (Å²) in [7, 11) is 0. The maximum Gasteiger partial charge on any atom is 0.137 e. The molecule has 1 aromatic rings. The first-order chi connectivity index (χ1) is 9.02. The first-order valence-corrected chi connectivity index (χ1v) is 7.73. The van der Waals surface area contributed by atoms with E-state index in [1.807, 2.05) is 6.07 Å². The second kappa shape index (κ2) is 6.33. The highest BCUT2D eigenvalue weighted by molar-refractivity contribution is 9.10. The fourth-order valence-electron chi connectivity index (χ4n) is 3.07. The van der Waals surface area contributed by atoms with Crippen LogP contribution in [0.25, 0.3) is 0 Å². The maximum absolute atomic E-state index is 13.7. The number of nitrogens with two attached hydrogens (primary N) is 1. The van der Waals surface area contributed by atoms with Crippen LogP contribution < -0.4 is 5.73 Å². The van der Waals surface area contributed by atoms with Crippen molar-refractivity contribution in [1.82, 2.24) is 4.90 Å². The van der Waals surface area contributed by atoms with Gasteiger partial charge >= 0.3 is 0 Å². The molecule has 0 bridgehead atoms. The van der Waals surface area contributed by atoms with E-state index in [2.05, 4.69) is 34.7 Å². The minimum atomic E-state index is -0.214. The van der Waals surface area contributed by atoms with Crippen LogP contribution in [0.5, 0.6) is 0 Å². The number of likely N-dealkylation sites (tertiary alicyclic amines) is 1. The molecule has 2 nitrogen and oxygen atoms in total. The zero-order chi connectivity index (χ0) is 14.0. The Morgan fingerprint density at radius 3 is 2.79 bits per heavy atom. The first-order valence-electron chi connectivity index (χ1n) is 6.93. The van der Waals surface area contributed by atoms with Crippen molar-refractivity contribution in [2.75, 3.05) is 13.1 Å². The molecule has 2 rings (SSSR count). The topological polar surface area (TPSA) is 29.3 Å². The van der Waals surface area contributed by atoms with Gasteiger partial charge in [0.25, 0.3) is 0 Å². The molecule has 4 heteroatoms. The summed E-state index contributed by atoms with van der Waals surface area (Å²) in [5.74, 6) is 0.556. The molecule has 3 unspecified atom stereocenters. The van der Waals surface area contributed by atoms with Gasteiger partial charge in [0, 0.05) is 18.6 Å². The molecular weight excluding hydrogens is 307 g/mol. The van der Waals surface area contributed by atoms with E-state index in [-0.39, 0.29) is 11.9 Å². The second-order valence-electron chi connectivity index (χ2n) is 5.64. The molecule has 0 aromatic heterocycles. The highest BCUT2D eigenvalue weighted by Gasteiger charge is 2.29. The van der Waals surface area contributed by atoms with Gasteiger partial charge in [0.2, 0.25) is 0 Å². The summed E-state index contributed by atoms with van der Waals surface area (Å²) in [5, 5.41) is 0. The van der Waals surface area contributed by atoms with Crippen LogP contribution in [0.1, 0.15) is 38.3 Å². The van der Waals surface area contributed by atoms with E-state index in [4.69, 9.17) is 5.73 Å². The van der Waals surface area contributed by atoms with E-state index in [1.54, 1.807) is 12.1 Å². The Morgan fingerprint density at radius 2 is 2.21 bits per heavy atom. The molecule has 0 spiro atoms. The molecule has 1 saturated heterocycles. The van der Waals surface area contributed by atoms with Crippen LogP contribution >= 0.6 is 15.9 Å². The summed E-state index contributed by atoms with van der Waals surface area (Å²) >= 11 is 3.20. The predicted molar refractivity (Wildman–Crippen MR) is 80.5 cm³/mol. The standard InChI is InChI=1S/C15H22BrFN2/c1-10-5-6-19(11(2)7-10)15(9-18)12-3-4-13(16)14(17)8-12/h3-4,8,10-11,15H,5-7,9,18H2,1-2H3. The largest absolute Gasteiger partial charge is 0.329 e. The average Bonchev–Trinajstić information content (AvgIpc) is 2.37. The summed E-state index contributed by atoms with van der Waals surface area (Å²) in [6.45, 7) is 6.11. The number of benzene rings is 1. The van der Waals surface area contributed by atoms with E-state index in [9.17, 15) is 4.39 Å². The molecule has 3 atom stereocenters. The van der Waals surface area contributed by atoms with Gasteiger partial charge in [-0.25, -0.2) is 4.39 Å². The van der Waals surface area contributed by atoms with Gasteiger partial charge in [0.05, 0.1) is 4.47 Å². The lowest BCUT2D eigenvalue weighted by Gasteiger charge is -2.41. The van der Waals surface area contributed by atoms with Crippen molar-refractivity contribution in [2.45, 2.75) is 38.8 Å². The molecule has 1 aliphatic heterocycles. The number of piperidine rings is 1. The lowest BCUT2D eigenvalue weighted by molar-refractivity contribution is 0.0846. The SMILES string of the molecule is CC1CCN(C(CN)c2ccc(Br)c(F)c2)C(C)C1. The van der Waals surface area contributed by atoms with Crippen LogP contribution in [0.3, 0.4) is 0 Å². The van der Waals surface area contributed by atoms with Crippen LogP contribution in [0.2, 0.25) is 0 Å². The predicted octanol–water partition coefficient (Wildman–Crippen LogP) is 3.71. The maximum atomic E-state index is 13.7. The van der Waals surface area contributed by atoms with Crippen LogP contribution in [0.4, 0.5) is 4.39 Å². The Labute approximate surface area is 123 Å². The van der Waals surface area contributed by atoms with Gasteiger partial charge in [-0.05, 0) is 65.9 Å². The number of hydrogen-bond acceptors (Lipinski definition) is 2. The van der Waals surface area contributed by atoms with Gasteiger partial charge in [-0.2, -0.15) is 0 Å². The molecule has 1 aromatic carbocycles. The van der Waals surface area contributed by atoms with E-state index in [0.717, 1.165) is 18.0 Å². The van der Waals surface area contributed by atoms with Crippen LogP contribution in [-0.4, -0.2) is 24.0 Å². The molecule has 2 N–H and O–H groups in total. The van der Waals surface area contributed by atoms with Gasteiger partial charge in [-0.3, -0.25) is 4.90 Å². The fraction of sp³-hybridized carbons (Fsp3) is 0.600. The Morgan fingerprint density at radius 1 is 1.47 bits per heavy atom. The van der Waals surface area contributed by atoms with Gasteiger partial charge < -0.3 is 5.73 Å². The smallest absolute Gasteiger partial charge is 0.137 e. The normalized spacial score (nSPS) is 26.4. The third kappa shape index (κ3) is 3.36. The number of rotatable bonds is 3. The molecular formula is C15H22BrFN2. The molecule has 106 valence electrons. The second-order valence-corrected chi connectivity index (χ2v) is 6.50. The summed E-state index contributed by atoms with van der Waals surface area (Å²) in [5.41, 5.74) is 6.92. The Balaban J connectivity index is 2.21. The molecule has 0 radical (unpaired) electrons. The van der Waals surface area contributed by atoms with Gasteiger partial charge in [0.15, 0.2) is 0 Å². The Hall–Kier alpha value is -0.450. The third-order valence-corrected chi connectivity index (χ3v) is 4.78. The van der Waals surface area contributed by atoms with Crippen molar-refractivity contribution in [3.8, 4) is 0 Å². The number of halogens is 2. The minimum absolute atomic E-state index is 0.116. The summed E-state index contributed by atoms with van der Waals surface area (Å²) in [4.78, 5) is 2.42. The number of nitrogens with zero attached hydrogens (tertiary/aromatic N) is 1. The summed E-state index contributed by atoms with van der Waals surface area (Å²) < 4.78 is 14.2. The van der Waals surface area contributed by atoms with Crippen molar-refractivity contribution < 1.29 is 4.39 Å². The average molecular weight is 329 g/mol. The highest BCUT2D eigenvalue weighted by Crippen LogP contribution is 2.31. The summed E-state index contributed by atoms with van der Waals surface area (Å²) in [6.07, 6.45) is 2.38. The van der Waals surface area contributed by atoms with E-state index < -0.39 is 0 Å². The van der Waals surface area contributed by atoms with Gasteiger partial charge in [-0.1, -0.05) is 13.0 Å². The van der Waals surface area contributed by atoms with Crippen molar-refractivity contribution in [1.29, 1.82) is 0 Å². The van der Waals surface area contributed by atoms with Crippen molar-refractivity contribution in [2.24, 2.45) is 11.7 Å². The molecule has 0 saturated carbocycles. The van der Waals surface area contributed by atoms with E-state index in [0.29, 0.717) is 17.1 Å². The van der Waals surface area contributed by atoms with Crippen molar-refractivity contribution >= 4 is 15.9 Å². The molecule has 0 amide bonds. The highest BCUT2D eigenvalue weighted by atomic mass is 79.9. The quantitative estimate of drug-likeness (QED) is 0.916. The molecule has 1 heterocycles. The van der Waals surface area contributed by atoms with Crippen LogP contribution in [0.15, 0.2) is 22.7 Å². The molecule has 0 aliphatic carbocycles. The van der Waals surface area contributed by atoms with Gasteiger partial charge in [0.1, 0.15) is 5.82 Å². The molecule has 19 heavy (non-hydrogen) atoms. The first kappa shape index (κ1) is 14.9. The lowest BCUT2D eigenvalue weighted by atomic mass is 9.90. The molecule has 1 aliphatic rings. The zero-order valence-electron chi connectivity index (χ0n) is 11.6. The van der Waals surface area contributed by atoms with Gasteiger partial charge in [-0.15, -0.1) is 0 Å². The van der Waals surface area contributed by atoms with Crippen molar-refractivity contribution in [3.63, 3.8) is 0 Å².